The Morgan fingerprint density at radius 1 is 1.27 bits per heavy atom. The molecule has 2 unspecified atom stereocenters. The van der Waals surface area contributed by atoms with Crippen molar-refractivity contribution in [3.63, 3.8) is 0 Å². The van der Waals surface area contributed by atoms with Crippen LogP contribution in [0.15, 0.2) is 30.3 Å². The van der Waals surface area contributed by atoms with Crippen LogP contribution in [-0.2, 0) is 25.5 Å². The maximum absolute atomic E-state index is 12.5. The van der Waals surface area contributed by atoms with Crippen molar-refractivity contribution < 1.29 is 19.1 Å². The van der Waals surface area contributed by atoms with Gasteiger partial charge in [0.2, 0.25) is 11.8 Å². The zero-order chi connectivity index (χ0) is 19.1. The summed E-state index contributed by atoms with van der Waals surface area (Å²) in [5.74, 6) is -0.891. The van der Waals surface area contributed by atoms with Crippen LogP contribution in [-0.4, -0.2) is 48.9 Å². The van der Waals surface area contributed by atoms with Crippen LogP contribution in [0, 0.1) is 11.8 Å². The summed E-state index contributed by atoms with van der Waals surface area (Å²) in [7, 11) is 1.31. The second kappa shape index (κ2) is 9.36. The van der Waals surface area contributed by atoms with Crippen LogP contribution >= 0.6 is 0 Å². The van der Waals surface area contributed by atoms with Crippen molar-refractivity contribution >= 4 is 17.8 Å². The Labute approximate surface area is 154 Å². The highest BCUT2D eigenvalue weighted by Gasteiger charge is 2.35. The number of hydrogen-bond donors (Lipinski definition) is 1. The lowest BCUT2D eigenvalue weighted by Crippen LogP contribution is -2.45. The van der Waals surface area contributed by atoms with E-state index in [1.807, 2.05) is 44.2 Å². The molecule has 1 aliphatic heterocycles. The number of ether oxygens (including phenoxy) is 1. The molecule has 1 aromatic carbocycles. The van der Waals surface area contributed by atoms with E-state index in [2.05, 4.69) is 5.32 Å². The Hall–Kier alpha value is -2.37. The number of benzene rings is 1. The highest BCUT2D eigenvalue weighted by Crippen LogP contribution is 2.19. The molecule has 1 saturated heterocycles. The molecule has 2 atom stereocenters. The molecule has 1 fully saturated rings. The van der Waals surface area contributed by atoms with Crippen molar-refractivity contribution in [2.75, 3.05) is 20.2 Å². The van der Waals surface area contributed by atoms with Crippen molar-refractivity contribution in [2.45, 2.75) is 39.2 Å². The molecule has 0 aliphatic carbocycles. The Balaban J connectivity index is 1.89. The highest BCUT2D eigenvalue weighted by molar-refractivity contribution is 5.91. The van der Waals surface area contributed by atoms with Gasteiger partial charge in [-0.1, -0.05) is 44.2 Å². The fourth-order valence-corrected chi connectivity index (χ4v) is 3.19. The summed E-state index contributed by atoms with van der Waals surface area (Å²) in [5.41, 5.74) is 1.16. The summed E-state index contributed by atoms with van der Waals surface area (Å²) < 4.78 is 4.78. The Morgan fingerprint density at radius 3 is 2.58 bits per heavy atom. The van der Waals surface area contributed by atoms with Gasteiger partial charge in [0.1, 0.15) is 6.04 Å². The van der Waals surface area contributed by atoms with Crippen molar-refractivity contribution in [1.29, 1.82) is 0 Å². The molecule has 0 bridgehead atoms. The summed E-state index contributed by atoms with van der Waals surface area (Å²) in [6.45, 7) is 4.95. The summed E-state index contributed by atoms with van der Waals surface area (Å²) in [4.78, 5) is 38.3. The number of nitrogens with one attached hydrogen (secondary N) is 1. The van der Waals surface area contributed by atoms with Crippen LogP contribution in [0.2, 0.25) is 0 Å². The number of carbonyl (C=O) groups is 3. The van der Waals surface area contributed by atoms with Gasteiger partial charge in [-0.25, -0.2) is 4.79 Å². The maximum atomic E-state index is 12.5. The van der Waals surface area contributed by atoms with Crippen molar-refractivity contribution in [3.8, 4) is 0 Å². The molecule has 142 valence electrons. The quantitative estimate of drug-likeness (QED) is 0.717. The van der Waals surface area contributed by atoms with Crippen LogP contribution in [0.25, 0.3) is 0 Å². The molecular formula is C20H28N2O4. The fourth-order valence-electron chi connectivity index (χ4n) is 3.19. The van der Waals surface area contributed by atoms with Crippen molar-refractivity contribution in [3.05, 3.63) is 35.9 Å². The van der Waals surface area contributed by atoms with E-state index in [9.17, 15) is 14.4 Å². The highest BCUT2D eigenvalue weighted by atomic mass is 16.5. The molecule has 2 rings (SSSR count). The van der Waals surface area contributed by atoms with Gasteiger partial charge in [-0.3, -0.25) is 9.59 Å². The molecule has 26 heavy (non-hydrogen) atoms. The minimum Gasteiger partial charge on any atom is -0.467 e. The van der Waals surface area contributed by atoms with Crippen LogP contribution in [0.4, 0.5) is 0 Å². The molecular weight excluding hydrogens is 332 g/mol. The van der Waals surface area contributed by atoms with Gasteiger partial charge in [-0.05, 0) is 24.3 Å². The number of carbonyl (C=O) groups excluding carboxylic acids is 3. The third-order valence-corrected chi connectivity index (χ3v) is 4.61. The lowest BCUT2D eigenvalue weighted by Gasteiger charge is -2.20. The zero-order valence-electron chi connectivity index (χ0n) is 15.7. The predicted molar refractivity (Wildman–Crippen MR) is 98.2 cm³/mol. The van der Waals surface area contributed by atoms with E-state index in [0.717, 1.165) is 12.0 Å². The van der Waals surface area contributed by atoms with Crippen LogP contribution in [0.5, 0.6) is 0 Å². The van der Waals surface area contributed by atoms with Crippen molar-refractivity contribution in [1.82, 2.24) is 10.2 Å². The predicted octanol–water partition coefficient (Wildman–Crippen LogP) is 1.78. The Kier molecular flexibility index (Phi) is 7.18. The average Bonchev–Trinajstić information content (AvgIpc) is 3.00. The van der Waals surface area contributed by atoms with Gasteiger partial charge in [-0.15, -0.1) is 0 Å². The maximum Gasteiger partial charge on any atom is 0.328 e. The van der Waals surface area contributed by atoms with Gasteiger partial charge in [0.25, 0.3) is 0 Å². The van der Waals surface area contributed by atoms with Crippen molar-refractivity contribution in [2.24, 2.45) is 11.8 Å². The van der Waals surface area contributed by atoms with Crippen LogP contribution in [0.3, 0.4) is 0 Å². The number of hydrogen-bond acceptors (Lipinski definition) is 4. The fraction of sp³-hybridized carbons (Fsp3) is 0.550. The molecule has 1 N–H and O–H groups in total. The largest absolute Gasteiger partial charge is 0.467 e. The summed E-state index contributed by atoms with van der Waals surface area (Å²) >= 11 is 0. The lowest BCUT2D eigenvalue weighted by molar-refractivity contribution is -0.146. The standard InChI is InChI=1S/C20H28N2O4/c1-14(2)11-17(20(25)26-3)21-19(24)16-12-18(23)22(13-16)10-9-15-7-5-4-6-8-15/h4-8,14,16-17H,9-13H2,1-3H3,(H,21,24). The Morgan fingerprint density at radius 2 is 1.96 bits per heavy atom. The Bertz CT molecular complexity index is 630. The first-order valence-electron chi connectivity index (χ1n) is 9.10. The minimum absolute atomic E-state index is 0.0143. The second-order valence-electron chi connectivity index (χ2n) is 7.19. The molecule has 0 aromatic heterocycles. The molecule has 0 saturated carbocycles. The van der Waals surface area contributed by atoms with E-state index in [4.69, 9.17) is 4.74 Å². The molecule has 0 spiro atoms. The summed E-state index contributed by atoms with van der Waals surface area (Å²) in [6.07, 6.45) is 1.46. The monoisotopic (exact) mass is 360 g/mol. The van der Waals surface area contributed by atoms with Gasteiger partial charge in [0.15, 0.2) is 0 Å². The topological polar surface area (TPSA) is 75.7 Å². The number of esters is 1. The first kappa shape index (κ1) is 19.9. The lowest BCUT2D eigenvalue weighted by atomic mass is 10.0. The van der Waals surface area contributed by atoms with E-state index >= 15 is 0 Å². The van der Waals surface area contributed by atoms with Gasteiger partial charge in [-0.2, -0.15) is 0 Å². The van der Waals surface area contributed by atoms with Crippen LogP contribution in [0.1, 0.15) is 32.3 Å². The molecule has 6 heteroatoms. The van der Waals surface area contributed by atoms with Gasteiger partial charge in [0.05, 0.1) is 13.0 Å². The normalized spacial score (nSPS) is 18.1. The number of rotatable bonds is 8. The minimum atomic E-state index is -0.666. The van der Waals surface area contributed by atoms with Gasteiger partial charge < -0.3 is 15.0 Å². The van der Waals surface area contributed by atoms with Crippen LogP contribution < -0.4 is 5.32 Å². The number of nitrogens with zero attached hydrogens (tertiary/aromatic N) is 1. The molecule has 2 amide bonds. The zero-order valence-corrected chi connectivity index (χ0v) is 15.7. The van der Waals surface area contributed by atoms with Gasteiger partial charge in [0, 0.05) is 19.5 Å². The summed E-state index contributed by atoms with van der Waals surface area (Å²) in [5, 5.41) is 2.76. The van der Waals surface area contributed by atoms with E-state index < -0.39 is 17.9 Å². The average molecular weight is 360 g/mol. The SMILES string of the molecule is COC(=O)C(CC(C)C)NC(=O)C1CC(=O)N(CCc2ccccc2)C1. The number of amides is 2. The van der Waals surface area contributed by atoms with E-state index in [1.165, 1.54) is 7.11 Å². The summed E-state index contributed by atoms with van der Waals surface area (Å²) in [6, 6.07) is 9.29. The molecule has 6 nitrogen and oxygen atoms in total. The third kappa shape index (κ3) is 5.58. The first-order valence-corrected chi connectivity index (χ1v) is 9.10. The number of likely N-dealkylation sites (tertiary alicyclic amines) is 1. The van der Waals surface area contributed by atoms with Gasteiger partial charge >= 0.3 is 5.97 Å². The van der Waals surface area contributed by atoms with E-state index in [1.54, 1.807) is 4.90 Å². The number of methoxy groups -OCH3 is 1. The third-order valence-electron chi connectivity index (χ3n) is 4.61. The first-order chi connectivity index (χ1) is 12.4. The second-order valence-corrected chi connectivity index (χ2v) is 7.19. The molecule has 0 radical (unpaired) electrons. The smallest absolute Gasteiger partial charge is 0.328 e. The van der Waals surface area contributed by atoms with E-state index in [0.29, 0.717) is 19.5 Å². The van der Waals surface area contributed by atoms with E-state index in [-0.39, 0.29) is 24.2 Å². The molecule has 1 aromatic rings. The molecule has 1 heterocycles. The molecule has 1 aliphatic rings.